The first-order chi connectivity index (χ1) is 31.7. The number of hydrogen-bond acceptors (Lipinski definition) is 2. The molecular weight excluding hydrogens is 775 g/mol. The van der Waals surface area contributed by atoms with Crippen molar-refractivity contribution >= 4 is 77.4 Å². The summed E-state index contributed by atoms with van der Waals surface area (Å²) in [6.45, 7) is 0. The van der Waals surface area contributed by atoms with Crippen LogP contribution in [0.25, 0.3) is 93.2 Å². The van der Waals surface area contributed by atoms with Gasteiger partial charge in [0.15, 0.2) is 0 Å². The zero-order valence-electron chi connectivity index (χ0n) is 35.0. The van der Waals surface area contributed by atoms with Gasteiger partial charge in [0, 0.05) is 33.6 Å². The Hall–Kier alpha value is -8.53. The molecule has 0 unspecified atom stereocenters. The van der Waals surface area contributed by atoms with Crippen molar-refractivity contribution in [1.82, 2.24) is 4.57 Å². The van der Waals surface area contributed by atoms with Gasteiger partial charge >= 0.3 is 0 Å². The summed E-state index contributed by atoms with van der Waals surface area (Å²) >= 11 is 0. The van der Waals surface area contributed by atoms with Crippen LogP contribution >= 0.6 is 0 Å². The molecule has 0 spiro atoms. The SMILES string of the molecule is C(=N\c1ccccc1Nc1ccc(-c2ccc(-c3ccccc3)cc2)cc1)/c1cccc2c(-n3c4ccc5ccccc5c4c4c5ccccc5c(-c5ccccc5)cc43)cccc12. The Balaban J connectivity index is 0.928. The monoisotopic (exact) mass is 815 g/mol. The molecule has 12 rings (SSSR count). The second-order valence-corrected chi connectivity index (χ2v) is 16.4. The number of para-hydroxylation sites is 2. The number of aromatic nitrogens is 1. The molecule has 0 amide bonds. The topological polar surface area (TPSA) is 29.3 Å². The first-order valence-electron chi connectivity index (χ1n) is 21.9. The third kappa shape index (κ3) is 6.50. The molecule has 0 aliphatic heterocycles. The van der Waals surface area contributed by atoms with E-state index in [1.807, 2.05) is 12.3 Å². The summed E-state index contributed by atoms with van der Waals surface area (Å²) in [4.78, 5) is 5.13. The highest BCUT2D eigenvalue weighted by Crippen LogP contribution is 2.45. The number of fused-ring (bicyclic) bond motifs is 8. The van der Waals surface area contributed by atoms with Gasteiger partial charge in [0.05, 0.1) is 28.1 Å². The van der Waals surface area contributed by atoms with Crippen LogP contribution < -0.4 is 5.32 Å². The zero-order valence-corrected chi connectivity index (χ0v) is 35.0. The van der Waals surface area contributed by atoms with Crippen molar-refractivity contribution in [3.05, 3.63) is 242 Å². The highest BCUT2D eigenvalue weighted by molar-refractivity contribution is 6.30. The molecule has 0 bridgehead atoms. The van der Waals surface area contributed by atoms with E-state index in [0.717, 1.165) is 39.1 Å². The van der Waals surface area contributed by atoms with E-state index in [1.54, 1.807) is 0 Å². The van der Waals surface area contributed by atoms with Gasteiger partial charge in [-0.15, -0.1) is 0 Å². The molecule has 1 heterocycles. The molecule has 64 heavy (non-hydrogen) atoms. The second kappa shape index (κ2) is 15.7. The highest BCUT2D eigenvalue weighted by atomic mass is 15.0. The van der Waals surface area contributed by atoms with E-state index in [4.69, 9.17) is 4.99 Å². The lowest BCUT2D eigenvalue weighted by atomic mass is 9.94. The average molecular weight is 816 g/mol. The van der Waals surface area contributed by atoms with E-state index < -0.39 is 0 Å². The van der Waals surface area contributed by atoms with Gasteiger partial charge in [-0.05, 0) is 103 Å². The third-order valence-corrected chi connectivity index (χ3v) is 12.7. The standard InChI is InChI=1S/C61H41N3/c1-3-15-41(16-4-1)42-29-31-43(32-30-42)44-33-36-48(37-34-44)63-56-27-12-11-26-55(56)62-40-47-20-13-25-52-49(47)24-14-28-57(52)64-58-38-35-46-19-7-8-21-50(46)60(58)61-53-23-10-9-22-51(53)54(39-59(61)64)45-17-5-2-6-18-45/h1-40,63H/b62-40+. The Morgan fingerprint density at radius 3 is 1.70 bits per heavy atom. The molecule has 11 aromatic carbocycles. The van der Waals surface area contributed by atoms with Crippen molar-refractivity contribution in [3.8, 4) is 39.1 Å². The molecule has 3 nitrogen and oxygen atoms in total. The molecule has 1 N–H and O–H groups in total. The lowest BCUT2D eigenvalue weighted by Crippen LogP contribution is -1.97. The zero-order chi connectivity index (χ0) is 42.4. The van der Waals surface area contributed by atoms with E-state index >= 15 is 0 Å². The van der Waals surface area contributed by atoms with Crippen molar-refractivity contribution in [1.29, 1.82) is 0 Å². The van der Waals surface area contributed by atoms with Gasteiger partial charge in [-0.2, -0.15) is 0 Å². The summed E-state index contributed by atoms with van der Waals surface area (Å²) in [6, 6.07) is 84.8. The van der Waals surface area contributed by atoms with Crippen LogP contribution in [-0.4, -0.2) is 10.8 Å². The van der Waals surface area contributed by atoms with Crippen molar-refractivity contribution < 1.29 is 0 Å². The molecule has 1 aromatic heterocycles. The summed E-state index contributed by atoms with van der Waals surface area (Å²) in [6.07, 6.45) is 2.01. The van der Waals surface area contributed by atoms with Crippen LogP contribution in [0, 0.1) is 0 Å². The van der Waals surface area contributed by atoms with Crippen LogP contribution in [0.1, 0.15) is 5.56 Å². The van der Waals surface area contributed by atoms with E-state index in [0.29, 0.717) is 0 Å². The van der Waals surface area contributed by atoms with Crippen LogP contribution in [0.15, 0.2) is 242 Å². The van der Waals surface area contributed by atoms with E-state index in [9.17, 15) is 0 Å². The number of benzene rings is 11. The Bertz CT molecular complexity index is 3720. The number of anilines is 2. The van der Waals surface area contributed by atoms with E-state index in [2.05, 4.69) is 240 Å². The number of aliphatic imine (C=N–C) groups is 1. The first-order valence-corrected chi connectivity index (χ1v) is 21.9. The molecule has 0 aliphatic rings. The average Bonchev–Trinajstić information content (AvgIpc) is 3.71. The molecular formula is C61H41N3. The largest absolute Gasteiger partial charge is 0.354 e. The Morgan fingerprint density at radius 2 is 0.938 bits per heavy atom. The number of rotatable bonds is 8. The van der Waals surface area contributed by atoms with E-state index in [-0.39, 0.29) is 0 Å². The fourth-order valence-electron chi connectivity index (χ4n) is 9.60. The quantitative estimate of drug-likeness (QED) is 0.152. The minimum Gasteiger partial charge on any atom is -0.354 e. The van der Waals surface area contributed by atoms with Crippen LogP contribution in [0.2, 0.25) is 0 Å². The van der Waals surface area contributed by atoms with Crippen molar-refractivity contribution in [2.45, 2.75) is 0 Å². The minimum atomic E-state index is 0.867. The third-order valence-electron chi connectivity index (χ3n) is 12.7. The molecule has 0 fully saturated rings. The molecule has 0 saturated heterocycles. The summed E-state index contributed by atoms with van der Waals surface area (Å²) < 4.78 is 2.49. The smallest absolute Gasteiger partial charge is 0.0864 e. The number of hydrogen-bond donors (Lipinski definition) is 1. The van der Waals surface area contributed by atoms with Gasteiger partial charge in [-0.3, -0.25) is 4.99 Å². The summed E-state index contributed by atoms with van der Waals surface area (Å²) in [7, 11) is 0. The van der Waals surface area contributed by atoms with Crippen molar-refractivity contribution in [2.24, 2.45) is 4.99 Å². The maximum Gasteiger partial charge on any atom is 0.0864 e. The molecule has 12 aromatic rings. The lowest BCUT2D eigenvalue weighted by Gasteiger charge is -2.15. The highest BCUT2D eigenvalue weighted by Gasteiger charge is 2.21. The number of nitrogens with one attached hydrogen (secondary N) is 1. The van der Waals surface area contributed by atoms with Gasteiger partial charge in [0.2, 0.25) is 0 Å². The van der Waals surface area contributed by atoms with Crippen LogP contribution in [-0.2, 0) is 0 Å². The predicted molar refractivity (Wildman–Crippen MR) is 273 cm³/mol. The first kappa shape index (κ1) is 37.2. The molecule has 3 heteroatoms. The molecule has 0 radical (unpaired) electrons. The molecule has 0 atom stereocenters. The van der Waals surface area contributed by atoms with Gasteiger partial charge in [0.1, 0.15) is 0 Å². The van der Waals surface area contributed by atoms with Crippen LogP contribution in [0.4, 0.5) is 17.1 Å². The van der Waals surface area contributed by atoms with Crippen molar-refractivity contribution in [3.63, 3.8) is 0 Å². The molecule has 300 valence electrons. The molecule has 0 saturated carbocycles. The van der Waals surface area contributed by atoms with Gasteiger partial charge in [0.25, 0.3) is 0 Å². The maximum absolute atomic E-state index is 5.13. The van der Waals surface area contributed by atoms with Gasteiger partial charge < -0.3 is 9.88 Å². The van der Waals surface area contributed by atoms with E-state index in [1.165, 1.54) is 76.7 Å². The summed E-state index contributed by atoms with van der Waals surface area (Å²) in [5.41, 5.74) is 14.6. The summed E-state index contributed by atoms with van der Waals surface area (Å²) in [5.74, 6) is 0. The van der Waals surface area contributed by atoms with Gasteiger partial charge in [-0.1, -0.05) is 194 Å². The minimum absolute atomic E-state index is 0.867. The predicted octanol–water partition coefficient (Wildman–Crippen LogP) is 16.7. The molecule has 0 aliphatic carbocycles. The second-order valence-electron chi connectivity index (χ2n) is 16.4. The van der Waals surface area contributed by atoms with Crippen LogP contribution in [0.5, 0.6) is 0 Å². The normalized spacial score (nSPS) is 11.7. The summed E-state index contributed by atoms with van der Waals surface area (Å²) in [5, 5.41) is 13.5. The van der Waals surface area contributed by atoms with Gasteiger partial charge in [-0.25, -0.2) is 0 Å². The lowest BCUT2D eigenvalue weighted by molar-refractivity contribution is 1.20. The Kier molecular flexibility index (Phi) is 9.16. The van der Waals surface area contributed by atoms with Crippen LogP contribution in [0.3, 0.4) is 0 Å². The fraction of sp³-hybridized carbons (Fsp3) is 0. The number of nitrogens with zero attached hydrogens (tertiary/aromatic N) is 2. The van der Waals surface area contributed by atoms with Crippen molar-refractivity contribution in [2.75, 3.05) is 5.32 Å². The fourth-order valence-corrected chi connectivity index (χ4v) is 9.60. The Labute approximate surface area is 371 Å². The Morgan fingerprint density at radius 1 is 0.375 bits per heavy atom. The maximum atomic E-state index is 5.13.